The van der Waals surface area contributed by atoms with Crippen LogP contribution in [0.15, 0.2) is 24.3 Å². The zero-order valence-electron chi connectivity index (χ0n) is 9.47. The fraction of sp³-hybridized carbons (Fsp3) is 0.250. The van der Waals surface area contributed by atoms with Crippen molar-refractivity contribution < 1.29 is 19.1 Å². The van der Waals surface area contributed by atoms with E-state index in [1.807, 2.05) is 0 Å². The maximum Gasteiger partial charge on any atom is 0.376 e. The Morgan fingerprint density at radius 1 is 1.35 bits per heavy atom. The smallest absolute Gasteiger partial charge is 0.376 e. The lowest BCUT2D eigenvalue weighted by Gasteiger charge is -2.08. The number of carbonyl (C=O) groups is 2. The van der Waals surface area contributed by atoms with Gasteiger partial charge in [-0.3, -0.25) is 4.79 Å². The number of ether oxygens (including phenoxy) is 2. The van der Waals surface area contributed by atoms with Gasteiger partial charge in [0.25, 0.3) is 5.78 Å². The van der Waals surface area contributed by atoms with Crippen molar-refractivity contribution in [3.05, 3.63) is 29.8 Å². The Balaban J connectivity index is 3.06. The Morgan fingerprint density at radius 3 is 2.59 bits per heavy atom. The summed E-state index contributed by atoms with van der Waals surface area (Å²) in [5.41, 5.74) is 0.405. The maximum atomic E-state index is 11.6. The van der Waals surface area contributed by atoms with E-state index in [1.54, 1.807) is 24.3 Å². The van der Waals surface area contributed by atoms with Crippen LogP contribution in [-0.4, -0.2) is 26.0 Å². The third kappa shape index (κ3) is 2.82. The second kappa shape index (κ2) is 5.66. The molecule has 0 amide bonds. The van der Waals surface area contributed by atoms with Gasteiger partial charge in [0, 0.05) is 0 Å². The Kier molecular flexibility index (Phi) is 4.23. The number of ketones is 1. The molecule has 1 aromatic carbocycles. The molecule has 17 heavy (non-hydrogen) atoms. The summed E-state index contributed by atoms with van der Waals surface area (Å²) < 4.78 is 9.28. The van der Waals surface area contributed by atoms with Crippen LogP contribution >= 0.6 is 0 Å². The number of hydrogen-bond acceptors (Lipinski definition) is 5. The molecule has 0 saturated carbocycles. The van der Waals surface area contributed by atoms with E-state index < -0.39 is 17.7 Å². The molecule has 0 aliphatic carbocycles. The topological polar surface area (TPSA) is 76.4 Å². The molecule has 1 aromatic rings. The molecular formula is C12H11NO4. The summed E-state index contributed by atoms with van der Waals surface area (Å²) in [5, 5.41) is 8.94. The summed E-state index contributed by atoms with van der Waals surface area (Å²) in [6.07, 6.45) is 0. The summed E-state index contributed by atoms with van der Waals surface area (Å²) in [6, 6.07) is 8.22. The van der Waals surface area contributed by atoms with Gasteiger partial charge in [-0.25, -0.2) is 4.79 Å². The van der Waals surface area contributed by atoms with Gasteiger partial charge in [0.05, 0.1) is 20.3 Å². The van der Waals surface area contributed by atoms with Crippen LogP contribution in [-0.2, 0) is 14.3 Å². The third-order valence-electron chi connectivity index (χ3n) is 2.20. The summed E-state index contributed by atoms with van der Waals surface area (Å²) in [4.78, 5) is 22.7. The molecule has 1 unspecified atom stereocenters. The van der Waals surface area contributed by atoms with E-state index in [2.05, 4.69) is 4.74 Å². The number of methoxy groups -OCH3 is 2. The number of carbonyl (C=O) groups excluding carboxylic acids is 2. The van der Waals surface area contributed by atoms with Crippen molar-refractivity contribution in [3.63, 3.8) is 0 Å². The number of nitrogens with zero attached hydrogens (tertiary/aromatic N) is 1. The van der Waals surface area contributed by atoms with Crippen LogP contribution in [0.2, 0.25) is 0 Å². The van der Waals surface area contributed by atoms with Crippen LogP contribution < -0.4 is 4.74 Å². The molecule has 0 spiro atoms. The van der Waals surface area contributed by atoms with Crippen molar-refractivity contribution in [1.29, 1.82) is 5.26 Å². The zero-order valence-corrected chi connectivity index (χ0v) is 9.47. The molecular weight excluding hydrogens is 222 g/mol. The average Bonchev–Trinajstić information content (AvgIpc) is 2.38. The quantitative estimate of drug-likeness (QED) is 0.573. The normalized spacial score (nSPS) is 11.1. The largest absolute Gasteiger partial charge is 0.497 e. The minimum absolute atomic E-state index is 0.405. The van der Waals surface area contributed by atoms with Crippen LogP contribution in [0.5, 0.6) is 5.75 Å². The maximum absolute atomic E-state index is 11.6. The average molecular weight is 233 g/mol. The Morgan fingerprint density at radius 2 is 2.06 bits per heavy atom. The fourth-order valence-corrected chi connectivity index (χ4v) is 1.32. The lowest BCUT2D eigenvalue weighted by molar-refractivity contribution is -0.151. The van der Waals surface area contributed by atoms with Gasteiger partial charge < -0.3 is 9.47 Å². The van der Waals surface area contributed by atoms with E-state index in [0.29, 0.717) is 11.3 Å². The van der Waals surface area contributed by atoms with Gasteiger partial charge in [0.2, 0.25) is 0 Å². The van der Waals surface area contributed by atoms with Gasteiger partial charge in [-0.2, -0.15) is 5.26 Å². The molecule has 0 N–H and O–H groups in total. The molecule has 5 nitrogen and oxygen atoms in total. The van der Waals surface area contributed by atoms with E-state index in [4.69, 9.17) is 10.00 Å². The minimum Gasteiger partial charge on any atom is -0.497 e. The number of benzene rings is 1. The molecule has 1 atom stereocenters. The molecule has 0 radical (unpaired) electrons. The summed E-state index contributed by atoms with van der Waals surface area (Å²) in [5.74, 6) is -2.57. The Hall–Kier alpha value is -2.35. The van der Waals surface area contributed by atoms with E-state index >= 15 is 0 Å². The summed E-state index contributed by atoms with van der Waals surface area (Å²) in [6.45, 7) is 0. The number of Topliss-reactive ketones (excluding diaryl/α,β-unsaturated/α-hetero) is 1. The first-order valence-corrected chi connectivity index (χ1v) is 4.79. The fourth-order valence-electron chi connectivity index (χ4n) is 1.32. The zero-order chi connectivity index (χ0) is 12.8. The molecule has 0 heterocycles. The highest BCUT2D eigenvalue weighted by molar-refractivity contribution is 6.36. The molecule has 0 aliphatic rings. The van der Waals surface area contributed by atoms with Gasteiger partial charge in [-0.1, -0.05) is 12.1 Å². The number of nitriles is 1. The van der Waals surface area contributed by atoms with E-state index in [-0.39, 0.29) is 0 Å². The van der Waals surface area contributed by atoms with Gasteiger partial charge >= 0.3 is 5.97 Å². The molecule has 0 saturated heterocycles. The van der Waals surface area contributed by atoms with Crippen LogP contribution in [0.3, 0.4) is 0 Å². The molecule has 5 heteroatoms. The predicted molar refractivity (Wildman–Crippen MR) is 58.4 cm³/mol. The second-order valence-corrected chi connectivity index (χ2v) is 3.19. The highest BCUT2D eigenvalue weighted by atomic mass is 16.5. The number of hydrogen-bond donors (Lipinski definition) is 0. The first-order chi connectivity index (χ1) is 8.13. The molecule has 1 rings (SSSR count). The lowest BCUT2D eigenvalue weighted by Crippen LogP contribution is -2.22. The number of rotatable bonds is 4. The van der Waals surface area contributed by atoms with Crippen molar-refractivity contribution in [2.24, 2.45) is 0 Å². The monoisotopic (exact) mass is 233 g/mol. The molecule has 0 aromatic heterocycles. The molecule has 0 aliphatic heterocycles. The highest BCUT2D eigenvalue weighted by Crippen LogP contribution is 2.21. The van der Waals surface area contributed by atoms with Crippen LogP contribution in [0.4, 0.5) is 0 Å². The van der Waals surface area contributed by atoms with Crippen molar-refractivity contribution in [1.82, 2.24) is 0 Å². The first kappa shape index (κ1) is 12.7. The lowest BCUT2D eigenvalue weighted by atomic mass is 9.96. The van der Waals surface area contributed by atoms with Crippen molar-refractivity contribution in [3.8, 4) is 11.8 Å². The standard InChI is InChI=1S/C12H11NO4/c1-16-9-5-3-4-8(6-9)10(7-13)11(14)12(15)17-2/h3-6,10H,1-2H3. The Bertz CT molecular complexity index is 476. The van der Waals surface area contributed by atoms with E-state index in [9.17, 15) is 9.59 Å². The van der Waals surface area contributed by atoms with Gasteiger partial charge in [0.1, 0.15) is 11.7 Å². The Labute approximate surface area is 98.6 Å². The first-order valence-electron chi connectivity index (χ1n) is 4.79. The van der Waals surface area contributed by atoms with E-state index in [1.165, 1.54) is 13.2 Å². The predicted octanol–water partition coefficient (Wildman–Crippen LogP) is 1.04. The SMILES string of the molecule is COC(=O)C(=O)C(C#N)c1cccc(OC)c1. The van der Waals surface area contributed by atoms with E-state index in [0.717, 1.165) is 7.11 Å². The van der Waals surface area contributed by atoms with Crippen LogP contribution in [0, 0.1) is 11.3 Å². The minimum atomic E-state index is -1.17. The molecule has 0 bridgehead atoms. The van der Waals surface area contributed by atoms with Gasteiger partial charge in [0.15, 0.2) is 0 Å². The van der Waals surface area contributed by atoms with Gasteiger partial charge in [-0.05, 0) is 17.7 Å². The molecule has 88 valence electrons. The second-order valence-electron chi connectivity index (χ2n) is 3.19. The van der Waals surface area contributed by atoms with Crippen molar-refractivity contribution >= 4 is 11.8 Å². The van der Waals surface area contributed by atoms with Gasteiger partial charge in [-0.15, -0.1) is 0 Å². The third-order valence-corrected chi connectivity index (χ3v) is 2.20. The van der Waals surface area contributed by atoms with Crippen LogP contribution in [0.1, 0.15) is 11.5 Å². The van der Waals surface area contributed by atoms with Crippen molar-refractivity contribution in [2.45, 2.75) is 5.92 Å². The summed E-state index contributed by atoms with van der Waals surface area (Å²) in [7, 11) is 2.57. The summed E-state index contributed by atoms with van der Waals surface area (Å²) >= 11 is 0. The highest BCUT2D eigenvalue weighted by Gasteiger charge is 2.27. The molecule has 0 fully saturated rings. The number of esters is 1. The van der Waals surface area contributed by atoms with Crippen LogP contribution in [0.25, 0.3) is 0 Å². The van der Waals surface area contributed by atoms with Crippen molar-refractivity contribution in [2.75, 3.05) is 14.2 Å².